The van der Waals surface area contributed by atoms with Gasteiger partial charge in [0, 0.05) is 0 Å². The molecule has 7 nitrogen and oxygen atoms in total. The van der Waals surface area contributed by atoms with Crippen molar-refractivity contribution in [3.05, 3.63) is 89.5 Å². The highest BCUT2D eigenvalue weighted by Gasteiger charge is 2.12. The summed E-state index contributed by atoms with van der Waals surface area (Å²) in [6, 6.07) is 18.3. The van der Waals surface area contributed by atoms with Crippen LogP contribution in [0.3, 0.4) is 0 Å². The van der Waals surface area contributed by atoms with E-state index in [1.54, 1.807) is 24.3 Å². The predicted octanol–water partition coefficient (Wildman–Crippen LogP) is 6.56. The molecular formula is C29H30O7. The minimum Gasteiger partial charge on any atom is -0.494 e. The summed E-state index contributed by atoms with van der Waals surface area (Å²) in [6.45, 7) is 2.85. The number of esters is 2. The number of carbonyl (C=O) groups is 3. The summed E-state index contributed by atoms with van der Waals surface area (Å²) in [5.41, 5.74) is 0.732. The van der Waals surface area contributed by atoms with Crippen molar-refractivity contribution >= 4 is 17.9 Å². The van der Waals surface area contributed by atoms with Crippen molar-refractivity contribution in [2.24, 2.45) is 0 Å². The second-order valence-corrected chi connectivity index (χ2v) is 8.27. The smallest absolute Gasteiger partial charge is 0.343 e. The number of carboxylic acids is 1. The number of unbranched alkanes of at least 4 members (excludes halogenated alkanes) is 5. The lowest BCUT2D eigenvalue weighted by atomic mass is 10.1. The first-order valence-electron chi connectivity index (χ1n) is 12.1. The summed E-state index contributed by atoms with van der Waals surface area (Å²) in [5.74, 6) is -0.990. The third-order valence-electron chi connectivity index (χ3n) is 5.47. The van der Waals surface area contributed by atoms with Gasteiger partial charge < -0.3 is 19.3 Å². The third kappa shape index (κ3) is 8.27. The van der Waals surface area contributed by atoms with Crippen molar-refractivity contribution in [3.8, 4) is 17.2 Å². The number of rotatable bonds is 13. The molecule has 0 aliphatic heterocycles. The van der Waals surface area contributed by atoms with E-state index in [1.165, 1.54) is 74.2 Å². The topological polar surface area (TPSA) is 99.1 Å². The first-order chi connectivity index (χ1) is 17.5. The van der Waals surface area contributed by atoms with Gasteiger partial charge in [0.1, 0.15) is 17.2 Å². The Labute approximate surface area is 210 Å². The van der Waals surface area contributed by atoms with Gasteiger partial charge in [0.15, 0.2) is 0 Å². The number of carbonyl (C=O) groups excluding carboxylic acids is 2. The molecule has 0 saturated carbocycles. The maximum absolute atomic E-state index is 12.4. The second-order valence-electron chi connectivity index (χ2n) is 8.27. The zero-order valence-corrected chi connectivity index (χ0v) is 20.3. The summed E-state index contributed by atoms with van der Waals surface area (Å²) < 4.78 is 16.4. The molecule has 3 aromatic rings. The van der Waals surface area contributed by atoms with Gasteiger partial charge in [-0.15, -0.1) is 0 Å². The minimum absolute atomic E-state index is 0.0938. The fraction of sp³-hybridized carbons (Fsp3) is 0.276. The van der Waals surface area contributed by atoms with Crippen molar-refractivity contribution < 1.29 is 33.7 Å². The van der Waals surface area contributed by atoms with E-state index in [0.717, 1.165) is 12.8 Å². The molecule has 36 heavy (non-hydrogen) atoms. The van der Waals surface area contributed by atoms with Crippen LogP contribution in [-0.2, 0) is 0 Å². The number of carboxylic acid groups (broad SMARTS) is 1. The van der Waals surface area contributed by atoms with E-state index in [9.17, 15) is 14.4 Å². The molecule has 3 rings (SSSR count). The van der Waals surface area contributed by atoms with Crippen LogP contribution in [0.15, 0.2) is 72.8 Å². The van der Waals surface area contributed by atoms with Crippen LogP contribution in [0.1, 0.15) is 76.5 Å². The molecule has 0 aliphatic carbocycles. The Morgan fingerprint density at radius 3 is 1.47 bits per heavy atom. The Morgan fingerprint density at radius 1 is 0.583 bits per heavy atom. The number of aromatic carboxylic acids is 1. The standard InChI is InChI=1S/C29H30O7/c1-2-3-4-5-6-7-20-34-24-14-10-22(11-15-24)28(32)36-26-18-12-23(13-19-26)29(33)35-25-16-8-21(9-17-25)27(30)31/h8-19H,2-7,20H2,1H3,(H,30,31). The van der Waals surface area contributed by atoms with Gasteiger partial charge in [0.25, 0.3) is 0 Å². The fourth-order valence-corrected chi connectivity index (χ4v) is 3.42. The normalized spacial score (nSPS) is 10.5. The third-order valence-corrected chi connectivity index (χ3v) is 5.47. The zero-order valence-electron chi connectivity index (χ0n) is 20.3. The van der Waals surface area contributed by atoms with E-state index >= 15 is 0 Å². The van der Waals surface area contributed by atoms with Gasteiger partial charge in [0.05, 0.1) is 23.3 Å². The summed E-state index contributed by atoms with van der Waals surface area (Å²) in [6.07, 6.45) is 7.17. The van der Waals surface area contributed by atoms with Gasteiger partial charge in [-0.25, -0.2) is 14.4 Å². The number of hydrogen-bond donors (Lipinski definition) is 1. The minimum atomic E-state index is -1.06. The SMILES string of the molecule is CCCCCCCCOc1ccc(C(=O)Oc2ccc(C(=O)Oc3ccc(C(=O)O)cc3)cc2)cc1. The van der Waals surface area contributed by atoms with Crippen LogP contribution < -0.4 is 14.2 Å². The number of hydrogen-bond acceptors (Lipinski definition) is 6. The molecule has 0 aliphatic rings. The maximum atomic E-state index is 12.4. The molecule has 0 bridgehead atoms. The predicted molar refractivity (Wildman–Crippen MR) is 135 cm³/mol. The van der Waals surface area contributed by atoms with E-state index < -0.39 is 17.9 Å². The lowest BCUT2D eigenvalue weighted by Gasteiger charge is -2.08. The van der Waals surface area contributed by atoms with Gasteiger partial charge in [-0.2, -0.15) is 0 Å². The van der Waals surface area contributed by atoms with Crippen molar-refractivity contribution in [2.75, 3.05) is 6.61 Å². The highest BCUT2D eigenvalue weighted by atomic mass is 16.5. The Kier molecular flexibility index (Phi) is 10.1. The highest BCUT2D eigenvalue weighted by molar-refractivity contribution is 5.93. The molecule has 0 atom stereocenters. The summed E-state index contributed by atoms with van der Waals surface area (Å²) in [7, 11) is 0. The Hall–Kier alpha value is -4.13. The average molecular weight is 491 g/mol. The molecule has 1 N–H and O–H groups in total. The zero-order chi connectivity index (χ0) is 25.8. The Balaban J connectivity index is 1.45. The van der Waals surface area contributed by atoms with Gasteiger partial charge >= 0.3 is 17.9 Å². The van der Waals surface area contributed by atoms with E-state index in [-0.39, 0.29) is 22.6 Å². The Morgan fingerprint density at radius 2 is 1.00 bits per heavy atom. The number of benzene rings is 3. The lowest BCUT2D eigenvalue weighted by molar-refractivity contribution is 0.0694. The van der Waals surface area contributed by atoms with Crippen molar-refractivity contribution in [3.63, 3.8) is 0 Å². The van der Waals surface area contributed by atoms with E-state index in [2.05, 4.69) is 6.92 Å². The molecule has 7 heteroatoms. The van der Waals surface area contributed by atoms with E-state index in [0.29, 0.717) is 17.9 Å². The maximum Gasteiger partial charge on any atom is 0.343 e. The molecule has 0 aromatic heterocycles. The van der Waals surface area contributed by atoms with Gasteiger partial charge in [0.2, 0.25) is 0 Å². The second kappa shape index (κ2) is 13.7. The van der Waals surface area contributed by atoms with Crippen LogP contribution in [0.25, 0.3) is 0 Å². The van der Waals surface area contributed by atoms with Crippen LogP contribution in [0.2, 0.25) is 0 Å². The molecule has 0 saturated heterocycles. The molecule has 0 amide bonds. The molecule has 188 valence electrons. The molecule has 3 aromatic carbocycles. The van der Waals surface area contributed by atoms with Crippen LogP contribution in [0.5, 0.6) is 17.2 Å². The van der Waals surface area contributed by atoms with Crippen LogP contribution in [0, 0.1) is 0 Å². The molecule has 0 fully saturated rings. The van der Waals surface area contributed by atoms with Crippen molar-refractivity contribution in [2.45, 2.75) is 45.4 Å². The monoisotopic (exact) mass is 490 g/mol. The number of ether oxygens (including phenoxy) is 3. The van der Waals surface area contributed by atoms with Crippen molar-refractivity contribution in [1.82, 2.24) is 0 Å². The van der Waals surface area contributed by atoms with Gasteiger partial charge in [-0.3, -0.25) is 0 Å². The fourth-order valence-electron chi connectivity index (χ4n) is 3.42. The summed E-state index contributed by atoms with van der Waals surface area (Å²) in [4.78, 5) is 35.7. The largest absolute Gasteiger partial charge is 0.494 e. The molecule has 0 unspecified atom stereocenters. The van der Waals surface area contributed by atoms with Gasteiger partial charge in [-0.05, 0) is 79.2 Å². The van der Waals surface area contributed by atoms with E-state index in [1.807, 2.05) is 0 Å². The summed E-state index contributed by atoms with van der Waals surface area (Å²) >= 11 is 0. The first-order valence-corrected chi connectivity index (χ1v) is 12.1. The first kappa shape index (κ1) is 26.5. The van der Waals surface area contributed by atoms with Gasteiger partial charge in [-0.1, -0.05) is 39.0 Å². The summed E-state index contributed by atoms with van der Waals surface area (Å²) in [5, 5.41) is 8.93. The van der Waals surface area contributed by atoms with E-state index in [4.69, 9.17) is 19.3 Å². The van der Waals surface area contributed by atoms with Crippen LogP contribution in [0.4, 0.5) is 0 Å². The lowest BCUT2D eigenvalue weighted by Crippen LogP contribution is -2.10. The van der Waals surface area contributed by atoms with Crippen LogP contribution in [-0.4, -0.2) is 29.6 Å². The quantitative estimate of drug-likeness (QED) is 0.164. The molecule has 0 spiro atoms. The molecular weight excluding hydrogens is 460 g/mol. The average Bonchev–Trinajstić information content (AvgIpc) is 2.89. The Bertz CT molecular complexity index is 1130. The van der Waals surface area contributed by atoms with Crippen LogP contribution >= 0.6 is 0 Å². The molecule has 0 heterocycles. The highest BCUT2D eigenvalue weighted by Crippen LogP contribution is 2.19. The van der Waals surface area contributed by atoms with Crippen molar-refractivity contribution in [1.29, 1.82) is 0 Å². The molecule has 0 radical (unpaired) electrons.